The number of thiophene rings is 1. The Labute approximate surface area is 130 Å². The number of aryl methyl sites for hydroxylation is 1. The molecule has 1 saturated carbocycles. The van der Waals surface area contributed by atoms with Crippen LogP contribution in [0.2, 0.25) is 0 Å². The first-order valence-electron chi connectivity index (χ1n) is 8.06. The highest BCUT2D eigenvalue weighted by Gasteiger charge is 2.18. The normalized spacial score (nSPS) is 17.4. The third kappa shape index (κ3) is 4.17. The van der Waals surface area contributed by atoms with Crippen molar-refractivity contribution in [3.05, 3.63) is 40.3 Å². The molecule has 1 aliphatic carbocycles. The SMILES string of the molecule is OC(CCCc1cccs1)Cc1ccn(C2CCCC2)n1. The highest BCUT2D eigenvalue weighted by molar-refractivity contribution is 7.09. The van der Waals surface area contributed by atoms with Gasteiger partial charge >= 0.3 is 0 Å². The minimum atomic E-state index is -0.267. The second kappa shape index (κ2) is 7.23. The van der Waals surface area contributed by atoms with Crippen LogP contribution in [-0.4, -0.2) is 21.0 Å². The Kier molecular flexibility index (Phi) is 5.09. The van der Waals surface area contributed by atoms with Crippen LogP contribution in [0, 0.1) is 0 Å². The minimum Gasteiger partial charge on any atom is -0.393 e. The number of nitrogens with zero attached hydrogens (tertiary/aromatic N) is 2. The van der Waals surface area contributed by atoms with Crippen molar-refractivity contribution >= 4 is 11.3 Å². The Balaban J connectivity index is 1.42. The third-order valence-corrected chi connectivity index (χ3v) is 5.28. The van der Waals surface area contributed by atoms with Crippen molar-refractivity contribution < 1.29 is 5.11 Å². The molecule has 4 heteroatoms. The van der Waals surface area contributed by atoms with Crippen molar-refractivity contribution in [3.63, 3.8) is 0 Å². The summed E-state index contributed by atoms with van der Waals surface area (Å²) in [5.74, 6) is 0. The topological polar surface area (TPSA) is 38.0 Å². The van der Waals surface area contributed by atoms with Crippen LogP contribution < -0.4 is 0 Å². The fourth-order valence-electron chi connectivity index (χ4n) is 3.17. The summed E-state index contributed by atoms with van der Waals surface area (Å²) in [6.07, 6.45) is 10.6. The third-order valence-electron chi connectivity index (χ3n) is 4.35. The van der Waals surface area contributed by atoms with Crippen LogP contribution in [0.25, 0.3) is 0 Å². The van der Waals surface area contributed by atoms with E-state index < -0.39 is 0 Å². The van der Waals surface area contributed by atoms with Crippen molar-refractivity contribution in [2.75, 3.05) is 0 Å². The fourth-order valence-corrected chi connectivity index (χ4v) is 3.92. The molecule has 1 N–H and O–H groups in total. The molecule has 0 spiro atoms. The number of hydrogen-bond donors (Lipinski definition) is 1. The summed E-state index contributed by atoms with van der Waals surface area (Å²) in [7, 11) is 0. The zero-order valence-corrected chi connectivity index (χ0v) is 13.3. The summed E-state index contributed by atoms with van der Waals surface area (Å²) in [5.41, 5.74) is 1.03. The molecular weight excluding hydrogens is 280 g/mol. The Morgan fingerprint density at radius 2 is 2.19 bits per heavy atom. The van der Waals surface area contributed by atoms with Crippen LogP contribution in [0.1, 0.15) is 55.1 Å². The molecular formula is C17H24N2OS. The molecule has 1 fully saturated rings. The predicted octanol–water partition coefficient (Wildman–Crippen LogP) is 3.99. The van der Waals surface area contributed by atoms with Crippen LogP contribution in [0.5, 0.6) is 0 Å². The van der Waals surface area contributed by atoms with Crippen LogP contribution >= 0.6 is 11.3 Å². The maximum atomic E-state index is 10.2. The Bertz CT molecular complexity index is 529. The molecule has 2 aromatic heterocycles. The van der Waals surface area contributed by atoms with Gasteiger partial charge in [-0.05, 0) is 49.6 Å². The fraction of sp³-hybridized carbons (Fsp3) is 0.588. The van der Waals surface area contributed by atoms with Gasteiger partial charge < -0.3 is 5.11 Å². The first-order valence-corrected chi connectivity index (χ1v) is 8.94. The molecule has 3 nitrogen and oxygen atoms in total. The van der Waals surface area contributed by atoms with E-state index in [1.54, 1.807) is 11.3 Å². The molecule has 1 aliphatic rings. The van der Waals surface area contributed by atoms with Crippen molar-refractivity contribution in [2.45, 2.75) is 63.5 Å². The molecule has 1 atom stereocenters. The standard InChI is InChI=1S/C17H24N2OS/c20-16(7-3-8-17-9-4-12-21-17)13-14-10-11-19(18-14)15-5-1-2-6-15/h4,9-12,15-16,20H,1-3,5-8,13H2. The van der Waals surface area contributed by atoms with Crippen molar-refractivity contribution in [1.82, 2.24) is 9.78 Å². The number of rotatable bonds is 7. The zero-order valence-electron chi connectivity index (χ0n) is 12.4. The first-order chi connectivity index (χ1) is 10.3. The van der Waals surface area contributed by atoms with E-state index in [0.29, 0.717) is 12.5 Å². The summed E-state index contributed by atoms with van der Waals surface area (Å²) in [6.45, 7) is 0. The maximum Gasteiger partial charge on any atom is 0.0650 e. The Morgan fingerprint density at radius 1 is 1.33 bits per heavy atom. The smallest absolute Gasteiger partial charge is 0.0650 e. The van der Waals surface area contributed by atoms with E-state index >= 15 is 0 Å². The molecule has 2 aromatic rings. The predicted molar refractivity (Wildman–Crippen MR) is 86.7 cm³/mol. The highest BCUT2D eigenvalue weighted by Crippen LogP contribution is 2.28. The van der Waals surface area contributed by atoms with Gasteiger partial charge in [-0.1, -0.05) is 18.9 Å². The van der Waals surface area contributed by atoms with Crippen LogP contribution in [0.15, 0.2) is 29.8 Å². The zero-order chi connectivity index (χ0) is 14.5. The average Bonchev–Trinajstić information content (AvgIpc) is 3.21. The van der Waals surface area contributed by atoms with E-state index in [-0.39, 0.29) is 6.10 Å². The van der Waals surface area contributed by atoms with E-state index in [1.165, 1.54) is 30.6 Å². The minimum absolute atomic E-state index is 0.267. The van der Waals surface area contributed by atoms with Crippen molar-refractivity contribution in [3.8, 4) is 0 Å². The molecule has 3 rings (SSSR count). The second-order valence-corrected chi connectivity index (χ2v) is 7.09. The molecule has 0 saturated heterocycles. The number of aromatic nitrogens is 2. The molecule has 1 unspecified atom stereocenters. The molecule has 114 valence electrons. The number of hydrogen-bond acceptors (Lipinski definition) is 3. The van der Waals surface area contributed by atoms with Gasteiger partial charge in [-0.15, -0.1) is 11.3 Å². The molecule has 0 aliphatic heterocycles. The quantitative estimate of drug-likeness (QED) is 0.840. The summed E-state index contributed by atoms with van der Waals surface area (Å²) in [4.78, 5) is 1.41. The Morgan fingerprint density at radius 3 is 2.95 bits per heavy atom. The van der Waals surface area contributed by atoms with Gasteiger partial charge in [-0.25, -0.2) is 0 Å². The lowest BCUT2D eigenvalue weighted by atomic mass is 10.1. The molecule has 0 radical (unpaired) electrons. The molecule has 0 aromatic carbocycles. The van der Waals surface area contributed by atoms with Crippen LogP contribution in [-0.2, 0) is 12.8 Å². The monoisotopic (exact) mass is 304 g/mol. The van der Waals surface area contributed by atoms with E-state index in [1.807, 2.05) is 0 Å². The van der Waals surface area contributed by atoms with Crippen LogP contribution in [0.4, 0.5) is 0 Å². The summed E-state index contributed by atoms with van der Waals surface area (Å²) in [5, 5.41) is 16.9. The molecule has 21 heavy (non-hydrogen) atoms. The lowest BCUT2D eigenvalue weighted by Gasteiger charge is -2.10. The van der Waals surface area contributed by atoms with Gasteiger partial charge in [0, 0.05) is 17.5 Å². The first kappa shape index (κ1) is 14.8. The van der Waals surface area contributed by atoms with Gasteiger partial charge in [0.2, 0.25) is 0 Å². The summed E-state index contributed by atoms with van der Waals surface area (Å²) < 4.78 is 2.11. The lowest BCUT2D eigenvalue weighted by molar-refractivity contribution is 0.161. The van der Waals surface area contributed by atoms with E-state index in [2.05, 4.69) is 39.6 Å². The van der Waals surface area contributed by atoms with Crippen LogP contribution in [0.3, 0.4) is 0 Å². The largest absolute Gasteiger partial charge is 0.393 e. The van der Waals surface area contributed by atoms with Gasteiger partial charge in [0.05, 0.1) is 17.8 Å². The van der Waals surface area contributed by atoms with Crippen molar-refractivity contribution in [1.29, 1.82) is 0 Å². The maximum absolute atomic E-state index is 10.2. The molecule has 0 amide bonds. The average molecular weight is 304 g/mol. The van der Waals surface area contributed by atoms with Gasteiger partial charge in [-0.3, -0.25) is 4.68 Å². The molecule has 0 bridgehead atoms. The molecule has 2 heterocycles. The number of aliphatic hydroxyl groups is 1. The second-order valence-electron chi connectivity index (χ2n) is 6.05. The highest BCUT2D eigenvalue weighted by atomic mass is 32.1. The summed E-state index contributed by atoms with van der Waals surface area (Å²) in [6, 6.07) is 6.92. The van der Waals surface area contributed by atoms with Gasteiger partial charge in [0.1, 0.15) is 0 Å². The Hall–Kier alpha value is -1.13. The lowest BCUT2D eigenvalue weighted by Crippen LogP contribution is -2.12. The van der Waals surface area contributed by atoms with E-state index in [9.17, 15) is 5.11 Å². The van der Waals surface area contributed by atoms with E-state index in [4.69, 9.17) is 0 Å². The summed E-state index contributed by atoms with van der Waals surface area (Å²) >= 11 is 1.80. The van der Waals surface area contributed by atoms with E-state index in [0.717, 1.165) is 25.0 Å². The number of aliphatic hydroxyl groups excluding tert-OH is 1. The van der Waals surface area contributed by atoms with Gasteiger partial charge in [0.15, 0.2) is 0 Å². The van der Waals surface area contributed by atoms with Crippen molar-refractivity contribution in [2.24, 2.45) is 0 Å². The van der Waals surface area contributed by atoms with Gasteiger partial charge in [-0.2, -0.15) is 5.10 Å². The van der Waals surface area contributed by atoms with Gasteiger partial charge in [0.25, 0.3) is 0 Å².